The highest BCUT2D eigenvalue weighted by Crippen LogP contribution is 2.34. The molecule has 2 rings (SSSR count). The van der Waals surface area contributed by atoms with Gasteiger partial charge in [-0.2, -0.15) is 0 Å². The first kappa shape index (κ1) is 13.6. The van der Waals surface area contributed by atoms with Crippen LogP contribution in [0.1, 0.15) is 32.6 Å². The molecule has 1 heterocycles. The number of carboxylic acid groups (broad SMARTS) is 1. The molecular weight excluding hydrogens is 244 g/mol. The van der Waals surface area contributed by atoms with E-state index >= 15 is 0 Å². The van der Waals surface area contributed by atoms with Gasteiger partial charge in [-0.25, -0.2) is 9.59 Å². The second kappa shape index (κ2) is 5.43. The SMILES string of the molecule is C=C1C(=O)O[C@@H]2/C=C(\C(=O)O)CC/C=C(\C)CC[C@@H]12. The van der Waals surface area contributed by atoms with Gasteiger partial charge in [0.15, 0.2) is 0 Å². The minimum Gasteiger partial charge on any atom is -0.478 e. The number of aliphatic carboxylic acids is 1. The van der Waals surface area contributed by atoms with Gasteiger partial charge in [0, 0.05) is 17.1 Å². The van der Waals surface area contributed by atoms with Crippen LogP contribution in [0.5, 0.6) is 0 Å². The Morgan fingerprint density at radius 1 is 1.47 bits per heavy atom. The van der Waals surface area contributed by atoms with Crippen LogP contribution in [0.4, 0.5) is 0 Å². The maximum absolute atomic E-state index is 11.6. The van der Waals surface area contributed by atoms with Gasteiger partial charge in [-0.15, -0.1) is 0 Å². The van der Waals surface area contributed by atoms with Crippen LogP contribution in [0.25, 0.3) is 0 Å². The number of rotatable bonds is 1. The minimum absolute atomic E-state index is 0.108. The highest BCUT2D eigenvalue weighted by atomic mass is 16.6. The van der Waals surface area contributed by atoms with Crippen molar-refractivity contribution in [1.82, 2.24) is 0 Å². The zero-order chi connectivity index (χ0) is 14.0. The van der Waals surface area contributed by atoms with E-state index in [1.807, 2.05) is 6.92 Å². The first-order valence-corrected chi connectivity index (χ1v) is 6.48. The van der Waals surface area contributed by atoms with E-state index in [9.17, 15) is 14.7 Å². The van der Waals surface area contributed by atoms with E-state index in [1.165, 1.54) is 5.57 Å². The summed E-state index contributed by atoms with van der Waals surface area (Å²) in [6, 6.07) is 0. The highest BCUT2D eigenvalue weighted by molar-refractivity contribution is 5.92. The molecule has 0 unspecified atom stereocenters. The second-order valence-corrected chi connectivity index (χ2v) is 5.13. The van der Waals surface area contributed by atoms with E-state index in [0.29, 0.717) is 24.0 Å². The van der Waals surface area contributed by atoms with E-state index in [-0.39, 0.29) is 5.92 Å². The van der Waals surface area contributed by atoms with Crippen LogP contribution in [-0.4, -0.2) is 23.1 Å². The van der Waals surface area contributed by atoms with Gasteiger partial charge in [-0.05, 0) is 38.7 Å². The van der Waals surface area contributed by atoms with Crippen molar-refractivity contribution in [2.75, 3.05) is 0 Å². The lowest BCUT2D eigenvalue weighted by Crippen LogP contribution is -2.17. The van der Waals surface area contributed by atoms with Crippen LogP contribution in [0.15, 0.2) is 35.5 Å². The van der Waals surface area contributed by atoms with E-state index in [4.69, 9.17) is 4.74 Å². The van der Waals surface area contributed by atoms with Crippen molar-refractivity contribution in [3.05, 3.63) is 35.5 Å². The monoisotopic (exact) mass is 262 g/mol. The standard InChI is InChI=1S/C15H18O4/c1-9-4-3-5-11(14(16)17)8-13-12(7-6-9)10(2)15(18)19-13/h4,8,12-13H,2-3,5-7H2,1H3,(H,16,17)/b9-4+,11-8-/t12-,13+/m0/s1. The average molecular weight is 262 g/mol. The van der Waals surface area contributed by atoms with Crippen molar-refractivity contribution in [3.8, 4) is 0 Å². The molecule has 4 nitrogen and oxygen atoms in total. The number of esters is 1. The topological polar surface area (TPSA) is 63.6 Å². The van der Waals surface area contributed by atoms with Crippen LogP contribution in [0, 0.1) is 5.92 Å². The van der Waals surface area contributed by atoms with Crippen molar-refractivity contribution in [3.63, 3.8) is 0 Å². The summed E-state index contributed by atoms with van der Waals surface area (Å²) < 4.78 is 5.23. The van der Waals surface area contributed by atoms with E-state index in [2.05, 4.69) is 12.7 Å². The van der Waals surface area contributed by atoms with Gasteiger partial charge in [-0.3, -0.25) is 0 Å². The third-order valence-electron chi connectivity index (χ3n) is 3.75. The van der Waals surface area contributed by atoms with Gasteiger partial charge in [0.1, 0.15) is 6.10 Å². The number of carboxylic acids is 1. The fourth-order valence-corrected chi connectivity index (χ4v) is 2.54. The van der Waals surface area contributed by atoms with E-state index in [1.54, 1.807) is 6.08 Å². The maximum Gasteiger partial charge on any atom is 0.334 e. The van der Waals surface area contributed by atoms with E-state index in [0.717, 1.165) is 12.8 Å². The van der Waals surface area contributed by atoms with Gasteiger partial charge >= 0.3 is 11.9 Å². The summed E-state index contributed by atoms with van der Waals surface area (Å²) in [5, 5.41) is 9.18. The molecule has 1 saturated heterocycles. The Morgan fingerprint density at radius 2 is 2.21 bits per heavy atom. The molecule has 2 atom stereocenters. The number of hydrogen-bond donors (Lipinski definition) is 1. The number of ether oxygens (including phenoxy) is 1. The van der Waals surface area contributed by atoms with Crippen LogP contribution in [-0.2, 0) is 14.3 Å². The summed E-state index contributed by atoms with van der Waals surface area (Å²) in [5.74, 6) is -1.46. The molecule has 0 aromatic carbocycles. The van der Waals surface area contributed by atoms with Crippen molar-refractivity contribution in [2.24, 2.45) is 5.92 Å². The smallest absolute Gasteiger partial charge is 0.334 e. The molecule has 102 valence electrons. The molecule has 1 fully saturated rings. The quantitative estimate of drug-likeness (QED) is 0.448. The van der Waals surface area contributed by atoms with Crippen LogP contribution in [0.3, 0.4) is 0 Å². The van der Waals surface area contributed by atoms with Crippen LogP contribution >= 0.6 is 0 Å². The Bertz CT molecular complexity index is 484. The number of carbonyl (C=O) groups is 2. The lowest BCUT2D eigenvalue weighted by Gasteiger charge is -2.17. The molecule has 2 aliphatic rings. The highest BCUT2D eigenvalue weighted by Gasteiger charge is 2.37. The Labute approximate surface area is 112 Å². The third-order valence-corrected chi connectivity index (χ3v) is 3.75. The predicted octanol–water partition coefficient (Wildman–Crippen LogP) is 2.62. The fourth-order valence-electron chi connectivity index (χ4n) is 2.54. The van der Waals surface area contributed by atoms with Gasteiger partial charge < -0.3 is 9.84 Å². The van der Waals surface area contributed by atoms with Crippen LogP contribution < -0.4 is 0 Å². The van der Waals surface area contributed by atoms with Gasteiger partial charge in [0.05, 0.1) is 0 Å². The first-order chi connectivity index (χ1) is 8.99. The molecular formula is C15H18O4. The normalized spacial score (nSPS) is 33.5. The molecule has 0 bridgehead atoms. The summed E-state index contributed by atoms with van der Waals surface area (Å²) in [6.07, 6.45) is 5.98. The molecule has 1 aliphatic carbocycles. The Balaban J connectivity index is 2.32. The Hall–Kier alpha value is -1.84. The van der Waals surface area contributed by atoms with Crippen molar-refractivity contribution >= 4 is 11.9 Å². The molecule has 4 heteroatoms. The zero-order valence-corrected chi connectivity index (χ0v) is 11.0. The molecule has 1 aliphatic heterocycles. The average Bonchev–Trinajstić information content (AvgIpc) is 2.61. The third kappa shape index (κ3) is 2.95. The lowest BCUT2D eigenvalue weighted by molar-refractivity contribution is -0.138. The first-order valence-electron chi connectivity index (χ1n) is 6.48. The molecule has 0 radical (unpaired) electrons. The zero-order valence-electron chi connectivity index (χ0n) is 11.0. The van der Waals surface area contributed by atoms with Gasteiger partial charge in [-0.1, -0.05) is 18.2 Å². The summed E-state index contributed by atoms with van der Waals surface area (Å²) in [5.41, 5.74) is 1.99. The largest absolute Gasteiger partial charge is 0.478 e. The number of carbonyl (C=O) groups excluding carboxylic acids is 1. The minimum atomic E-state index is -0.945. The summed E-state index contributed by atoms with van der Waals surface area (Å²) >= 11 is 0. The van der Waals surface area contributed by atoms with Crippen molar-refractivity contribution < 1.29 is 19.4 Å². The van der Waals surface area contributed by atoms with Gasteiger partial charge in [0.2, 0.25) is 0 Å². The maximum atomic E-state index is 11.6. The van der Waals surface area contributed by atoms with Gasteiger partial charge in [0.25, 0.3) is 0 Å². The molecule has 19 heavy (non-hydrogen) atoms. The summed E-state index contributed by atoms with van der Waals surface area (Å²) in [6.45, 7) is 5.80. The number of fused-ring (bicyclic) bond motifs is 1. The van der Waals surface area contributed by atoms with Crippen molar-refractivity contribution in [1.29, 1.82) is 0 Å². The molecule has 0 aromatic heterocycles. The molecule has 0 aromatic rings. The summed E-state index contributed by atoms with van der Waals surface area (Å²) in [4.78, 5) is 22.8. The Morgan fingerprint density at radius 3 is 2.89 bits per heavy atom. The number of hydrogen-bond acceptors (Lipinski definition) is 3. The summed E-state index contributed by atoms with van der Waals surface area (Å²) in [7, 11) is 0. The lowest BCUT2D eigenvalue weighted by atomic mass is 9.88. The molecule has 0 saturated carbocycles. The molecule has 0 amide bonds. The predicted molar refractivity (Wildman–Crippen MR) is 70.5 cm³/mol. The molecule has 0 spiro atoms. The van der Waals surface area contributed by atoms with E-state index < -0.39 is 18.0 Å². The van der Waals surface area contributed by atoms with Crippen LogP contribution in [0.2, 0.25) is 0 Å². The fraction of sp³-hybridized carbons (Fsp3) is 0.467. The Kier molecular flexibility index (Phi) is 3.88. The molecule has 1 N–H and O–H groups in total. The second-order valence-electron chi connectivity index (χ2n) is 5.13. The van der Waals surface area contributed by atoms with Crippen molar-refractivity contribution in [2.45, 2.75) is 38.7 Å². The number of allylic oxidation sites excluding steroid dienone is 2.